The first-order chi connectivity index (χ1) is 11.8. The van der Waals surface area contributed by atoms with Gasteiger partial charge in [-0.05, 0) is 82.1 Å². The lowest BCUT2D eigenvalue weighted by Crippen LogP contribution is -2.42. The Balaban J connectivity index is 1.48. The maximum atomic E-state index is 12.1. The average Bonchev–Trinajstić information content (AvgIpc) is 3.37. The molecule has 1 aromatic rings. The summed E-state index contributed by atoms with van der Waals surface area (Å²) in [6.45, 7) is 7.87. The molecule has 25 heavy (non-hydrogen) atoms. The molecular formula is C20H30N2O3. The van der Waals surface area contributed by atoms with Gasteiger partial charge in [0.1, 0.15) is 11.4 Å². The molecule has 5 nitrogen and oxygen atoms in total. The lowest BCUT2D eigenvalue weighted by atomic mass is 9.98. The smallest absolute Gasteiger partial charge is 0.410 e. The highest BCUT2D eigenvalue weighted by atomic mass is 16.6. The van der Waals surface area contributed by atoms with E-state index in [0.29, 0.717) is 18.4 Å². The van der Waals surface area contributed by atoms with Crippen LogP contribution in [0.25, 0.3) is 0 Å². The Morgan fingerprint density at radius 1 is 1.20 bits per heavy atom. The van der Waals surface area contributed by atoms with Crippen molar-refractivity contribution in [1.29, 1.82) is 0 Å². The molecule has 2 aliphatic rings. The Morgan fingerprint density at radius 2 is 1.88 bits per heavy atom. The van der Waals surface area contributed by atoms with Crippen LogP contribution in [0.2, 0.25) is 0 Å². The van der Waals surface area contributed by atoms with Gasteiger partial charge in [0.15, 0.2) is 0 Å². The predicted octanol–water partition coefficient (Wildman–Crippen LogP) is 4.17. The lowest BCUT2D eigenvalue weighted by molar-refractivity contribution is 0.0165. The minimum absolute atomic E-state index is 0.207. The number of carbonyl (C=O) groups is 1. The van der Waals surface area contributed by atoms with Gasteiger partial charge in [0, 0.05) is 18.8 Å². The fraction of sp³-hybridized carbons (Fsp3) is 0.650. The number of hydrogen-bond donors (Lipinski definition) is 1. The van der Waals surface area contributed by atoms with Crippen LogP contribution in [0.5, 0.6) is 5.75 Å². The van der Waals surface area contributed by atoms with E-state index in [1.165, 1.54) is 18.4 Å². The van der Waals surface area contributed by atoms with Gasteiger partial charge in [0.05, 0.1) is 6.61 Å². The minimum atomic E-state index is -0.439. The molecule has 138 valence electrons. The SMILES string of the molecule is CC(C)(C)OC(=O)N1CCC(COc2ccc(N)cc2C2CC2)CC1. The second-order valence-corrected chi connectivity index (χ2v) is 8.29. The molecule has 0 atom stereocenters. The minimum Gasteiger partial charge on any atom is -0.493 e. The first kappa shape index (κ1) is 17.9. The van der Waals surface area contributed by atoms with E-state index in [1.807, 2.05) is 32.9 Å². The van der Waals surface area contributed by atoms with Crippen molar-refractivity contribution in [3.63, 3.8) is 0 Å². The van der Waals surface area contributed by atoms with E-state index < -0.39 is 5.60 Å². The van der Waals surface area contributed by atoms with Crippen LogP contribution in [0.4, 0.5) is 10.5 Å². The molecule has 1 saturated heterocycles. The number of piperidine rings is 1. The van der Waals surface area contributed by atoms with Gasteiger partial charge >= 0.3 is 6.09 Å². The number of nitrogen functional groups attached to an aromatic ring is 1. The fourth-order valence-electron chi connectivity index (χ4n) is 3.23. The van der Waals surface area contributed by atoms with E-state index in [-0.39, 0.29) is 6.09 Å². The standard InChI is InChI=1S/C20H30N2O3/c1-20(2,3)25-19(23)22-10-8-14(9-11-22)13-24-18-7-6-16(21)12-17(18)15-4-5-15/h6-7,12,14-15H,4-5,8-11,13,21H2,1-3H3. The van der Waals surface area contributed by atoms with Gasteiger partial charge in [-0.2, -0.15) is 0 Å². The van der Waals surface area contributed by atoms with Crippen molar-refractivity contribution in [1.82, 2.24) is 4.90 Å². The molecule has 0 radical (unpaired) electrons. The van der Waals surface area contributed by atoms with Crippen molar-refractivity contribution < 1.29 is 14.3 Å². The van der Waals surface area contributed by atoms with Crippen molar-refractivity contribution >= 4 is 11.8 Å². The molecule has 0 spiro atoms. The number of hydrogen-bond acceptors (Lipinski definition) is 4. The van der Waals surface area contributed by atoms with Gasteiger partial charge in [0.2, 0.25) is 0 Å². The van der Waals surface area contributed by atoms with E-state index in [4.69, 9.17) is 15.2 Å². The monoisotopic (exact) mass is 346 g/mol. The summed E-state index contributed by atoms with van der Waals surface area (Å²) in [7, 11) is 0. The van der Waals surface area contributed by atoms with Crippen LogP contribution in [0.3, 0.4) is 0 Å². The van der Waals surface area contributed by atoms with Crippen molar-refractivity contribution in [2.45, 2.75) is 58.0 Å². The van der Waals surface area contributed by atoms with Crippen molar-refractivity contribution in [2.75, 3.05) is 25.4 Å². The van der Waals surface area contributed by atoms with E-state index >= 15 is 0 Å². The third-order valence-electron chi connectivity index (χ3n) is 4.79. The number of benzene rings is 1. The summed E-state index contributed by atoms with van der Waals surface area (Å²) < 4.78 is 11.6. The van der Waals surface area contributed by atoms with Crippen molar-refractivity contribution in [3.05, 3.63) is 23.8 Å². The number of nitrogens with zero attached hydrogens (tertiary/aromatic N) is 1. The van der Waals surface area contributed by atoms with Gasteiger partial charge in [-0.25, -0.2) is 4.79 Å². The largest absolute Gasteiger partial charge is 0.493 e. The third kappa shape index (κ3) is 5.03. The number of amides is 1. The molecule has 1 aliphatic heterocycles. The summed E-state index contributed by atoms with van der Waals surface area (Å²) in [6, 6.07) is 5.96. The normalized spacial score (nSPS) is 18.9. The summed E-state index contributed by atoms with van der Waals surface area (Å²) in [5.74, 6) is 2.07. The van der Waals surface area contributed by atoms with Gasteiger partial charge in [-0.15, -0.1) is 0 Å². The second kappa shape index (κ2) is 7.14. The number of nitrogens with two attached hydrogens (primary N) is 1. The number of carbonyl (C=O) groups excluding carboxylic acids is 1. The van der Waals surface area contributed by atoms with E-state index in [0.717, 1.165) is 37.4 Å². The van der Waals surface area contributed by atoms with Crippen LogP contribution in [0.15, 0.2) is 18.2 Å². The Kier molecular flexibility index (Phi) is 5.11. The zero-order valence-electron chi connectivity index (χ0n) is 15.6. The lowest BCUT2D eigenvalue weighted by Gasteiger charge is -2.33. The molecule has 2 N–H and O–H groups in total. The van der Waals surface area contributed by atoms with E-state index in [1.54, 1.807) is 4.90 Å². The quantitative estimate of drug-likeness (QED) is 0.831. The van der Waals surface area contributed by atoms with Gasteiger partial charge in [-0.1, -0.05) is 0 Å². The van der Waals surface area contributed by atoms with Crippen LogP contribution >= 0.6 is 0 Å². The predicted molar refractivity (Wildman–Crippen MR) is 98.9 cm³/mol. The highest BCUT2D eigenvalue weighted by molar-refractivity contribution is 5.68. The highest BCUT2D eigenvalue weighted by Crippen LogP contribution is 2.45. The molecule has 3 rings (SSSR count). The maximum absolute atomic E-state index is 12.1. The van der Waals surface area contributed by atoms with Crippen LogP contribution in [0, 0.1) is 5.92 Å². The summed E-state index contributed by atoms with van der Waals surface area (Å²) in [5.41, 5.74) is 7.54. The number of likely N-dealkylation sites (tertiary alicyclic amines) is 1. The summed E-state index contributed by atoms with van der Waals surface area (Å²) in [4.78, 5) is 13.9. The molecule has 1 aromatic carbocycles. The first-order valence-electron chi connectivity index (χ1n) is 9.32. The Labute approximate surface area is 150 Å². The van der Waals surface area contributed by atoms with Crippen LogP contribution in [0.1, 0.15) is 57.9 Å². The zero-order valence-corrected chi connectivity index (χ0v) is 15.6. The van der Waals surface area contributed by atoms with E-state index in [9.17, 15) is 4.79 Å². The molecule has 0 aromatic heterocycles. The third-order valence-corrected chi connectivity index (χ3v) is 4.79. The van der Waals surface area contributed by atoms with Crippen LogP contribution in [-0.2, 0) is 4.74 Å². The molecule has 0 unspecified atom stereocenters. The molecule has 5 heteroatoms. The fourth-order valence-corrected chi connectivity index (χ4v) is 3.23. The van der Waals surface area contributed by atoms with Crippen LogP contribution < -0.4 is 10.5 Å². The van der Waals surface area contributed by atoms with E-state index in [2.05, 4.69) is 6.07 Å². The molecule has 1 aliphatic carbocycles. The Hall–Kier alpha value is -1.91. The van der Waals surface area contributed by atoms with Crippen LogP contribution in [-0.4, -0.2) is 36.3 Å². The zero-order chi connectivity index (χ0) is 18.0. The molecule has 1 heterocycles. The van der Waals surface area contributed by atoms with Crippen molar-refractivity contribution in [3.8, 4) is 5.75 Å². The number of ether oxygens (including phenoxy) is 2. The summed E-state index contributed by atoms with van der Waals surface area (Å²) in [5, 5.41) is 0. The maximum Gasteiger partial charge on any atom is 0.410 e. The molecule has 2 fully saturated rings. The van der Waals surface area contributed by atoms with Gasteiger partial charge in [-0.3, -0.25) is 0 Å². The van der Waals surface area contributed by atoms with Gasteiger partial charge < -0.3 is 20.1 Å². The van der Waals surface area contributed by atoms with Gasteiger partial charge in [0.25, 0.3) is 0 Å². The second-order valence-electron chi connectivity index (χ2n) is 8.29. The summed E-state index contributed by atoms with van der Waals surface area (Å²) >= 11 is 0. The first-order valence-corrected chi connectivity index (χ1v) is 9.32. The summed E-state index contributed by atoms with van der Waals surface area (Å²) in [6.07, 6.45) is 4.16. The average molecular weight is 346 g/mol. The highest BCUT2D eigenvalue weighted by Gasteiger charge is 2.29. The molecular weight excluding hydrogens is 316 g/mol. The molecule has 0 bridgehead atoms. The molecule has 1 saturated carbocycles. The Morgan fingerprint density at radius 3 is 2.48 bits per heavy atom. The number of rotatable bonds is 4. The Bertz CT molecular complexity index is 612. The topological polar surface area (TPSA) is 64.8 Å². The van der Waals surface area contributed by atoms with Crippen molar-refractivity contribution in [2.24, 2.45) is 5.92 Å². The number of anilines is 1. The molecule has 1 amide bonds.